The van der Waals surface area contributed by atoms with Crippen LogP contribution in [0.1, 0.15) is 34.6 Å². The van der Waals surface area contributed by atoms with Gasteiger partial charge in [0.25, 0.3) is 5.91 Å². The first-order valence-corrected chi connectivity index (χ1v) is 11.6. The highest BCUT2D eigenvalue weighted by Crippen LogP contribution is 2.20. The summed E-state index contributed by atoms with van der Waals surface area (Å²) in [5.74, 6) is -6.87. The van der Waals surface area contributed by atoms with Crippen LogP contribution in [0.4, 0.5) is 5.69 Å². The Kier molecular flexibility index (Phi) is 13.2. The van der Waals surface area contributed by atoms with Crippen molar-refractivity contribution in [3.63, 3.8) is 0 Å². The number of nitrogens with one attached hydrogen (secondary N) is 1. The lowest BCUT2D eigenvalue weighted by Crippen LogP contribution is -2.58. The number of carbonyl (C=O) groups excluding carboxylic acids is 6. The maximum absolute atomic E-state index is 13.2. The maximum Gasteiger partial charge on any atom is 0.303 e. The molecule has 0 spiro atoms. The average Bonchev–Trinajstić information content (AvgIpc) is 2.82. The van der Waals surface area contributed by atoms with Crippen LogP contribution < -0.4 is 16.8 Å². The van der Waals surface area contributed by atoms with Crippen molar-refractivity contribution in [3.8, 4) is 0 Å². The summed E-state index contributed by atoms with van der Waals surface area (Å²) in [6, 6.07) is 8.40. The molecule has 0 bridgehead atoms. The molecule has 0 aromatic heterocycles. The molecule has 1 rings (SSSR count). The summed E-state index contributed by atoms with van der Waals surface area (Å²) >= 11 is 0. The Bertz CT molecular complexity index is 1150. The summed E-state index contributed by atoms with van der Waals surface area (Å²) in [6.45, 7) is 4.23. The number of guanidine groups is 2. The van der Waals surface area contributed by atoms with Crippen molar-refractivity contribution in [2.75, 3.05) is 6.61 Å². The Morgan fingerprint density at radius 1 is 0.750 bits per heavy atom. The van der Waals surface area contributed by atoms with E-state index in [1.165, 1.54) is 0 Å². The third kappa shape index (κ3) is 12.5. The topological polar surface area (TPSA) is 237 Å². The van der Waals surface area contributed by atoms with E-state index in [-0.39, 0.29) is 5.96 Å². The van der Waals surface area contributed by atoms with E-state index in [1.807, 2.05) is 0 Å². The van der Waals surface area contributed by atoms with Gasteiger partial charge >= 0.3 is 29.8 Å². The van der Waals surface area contributed by atoms with Gasteiger partial charge in [0.1, 0.15) is 6.61 Å². The number of benzene rings is 1. The summed E-state index contributed by atoms with van der Waals surface area (Å²) in [7, 11) is 0. The van der Waals surface area contributed by atoms with Crippen LogP contribution in [0.5, 0.6) is 0 Å². The third-order valence-corrected chi connectivity index (χ3v) is 4.40. The number of aliphatic imine (C=N–C) groups is 2. The number of carbonyl (C=O) groups is 6. The van der Waals surface area contributed by atoms with Crippen LogP contribution in [0.2, 0.25) is 0 Å². The van der Waals surface area contributed by atoms with Gasteiger partial charge in [0, 0.05) is 34.6 Å². The molecule has 0 aliphatic rings. The van der Waals surface area contributed by atoms with Gasteiger partial charge in [-0.15, -0.1) is 0 Å². The van der Waals surface area contributed by atoms with Crippen molar-refractivity contribution in [3.05, 3.63) is 30.3 Å². The van der Waals surface area contributed by atoms with E-state index >= 15 is 0 Å². The van der Waals surface area contributed by atoms with E-state index in [9.17, 15) is 28.8 Å². The van der Waals surface area contributed by atoms with E-state index in [0.29, 0.717) is 5.69 Å². The molecule has 5 N–H and O–H groups in total. The van der Waals surface area contributed by atoms with E-state index in [2.05, 4.69) is 15.3 Å². The molecule has 1 amide bonds. The molecule has 0 aliphatic heterocycles. The van der Waals surface area contributed by atoms with Crippen LogP contribution in [0.25, 0.3) is 0 Å². The van der Waals surface area contributed by atoms with Crippen LogP contribution in [-0.4, -0.2) is 78.7 Å². The fourth-order valence-corrected chi connectivity index (χ4v) is 3.10. The Balaban J connectivity index is 3.48. The van der Waals surface area contributed by atoms with Crippen molar-refractivity contribution < 1.29 is 52.5 Å². The van der Waals surface area contributed by atoms with Crippen LogP contribution >= 0.6 is 0 Å². The second-order valence-electron chi connectivity index (χ2n) is 7.92. The van der Waals surface area contributed by atoms with Gasteiger partial charge in [0.15, 0.2) is 18.3 Å². The number of hydrogen-bond acceptors (Lipinski definition) is 12. The van der Waals surface area contributed by atoms with E-state index in [4.69, 9.17) is 35.2 Å². The largest absolute Gasteiger partial charge is 0.462 e. The zero-order valence-corrected chi connectivity index (χ0v) is 22.4. The number of para-hydroxylation sites is 1. The molecular formula is C24H31N5O11. The van der Waals surface area contributed by atoms with E-state index in [1.54, 1.807) is 30.3 Å². The van der Waals surface area contributed by atoms with Gasteiger partial charge < -0.3 is 35.2 Å². The first-order chi connectivity index (χ1) is 18.7. The minimum Gasteiger partial charge on any atom is -0.462 e. The van der Waals surface area contributed by atoms with Crippen molar-refractivity contribution in [1.29, 1.82) is 0 Å². The lowest BCUT2D eigenvalue weighted by molar-refractivity contribution is -0.203. The molecule has 218 valence electrons. The molecule has 16 nitrogen and oxygen atoms in total. The highest BCUT2D eigenvalue weighted by atomic mass is 16.6. The average molecular weight is 566 g/mol. The van der Waals surface area contributed by atoms with Crippen LogP contribution in [-0.2, 0) is 52.5 Å². The summed E-state index contributed by atoms with van der Waals surface area (Å²) in [6.07, 6.45) is -7.42. The lowest BCUT2D eigenvalue weighted by Gasteiger charge is -2.34. The van der Waals surface area contributed by atoms with Crippen LogP contribution in [0, 0.1) is 0 Å². The van der Waals surface area contributed by atoms with Gasteiger partial charge in [0.05, 0.1) is 5.69 Å². The van der Waals surface area contributed by atoms with Crippen molar-refractivity contribution in [1.82, 2.24) is 5.32 Å². The first kappa shape index (κ1) is 33.0. The molecule has 0 heterocycles. The predicted octanol–water partition coefficient (Wildman–Crippen LogP) is -0.646. The van der Waals surface area contributed by atoms with Crippen molar-refractivity contribution >= 4 is 53.4 Å². The SMILES string of the molecule is CC(=O)OC[C@H](OC(C)=O)[C@H](OC(C)=O)[C@H](OC(C)=O)[C@H](OC(C)=O)C(=O)NC(N)=NC(N)=Nc1ccccc1. The molecule has 0 aliphatic carbocycles. The summed E-state index contributed by atoms with van der Waals surface area (Å²) in [5.41, 5.74) is 11.9. The highest BCUT2D eigenvalue weighted by Gasteiger charge is 2.47. The van der Waals surface area contributed by atoms with Gasteiger partial charge in [-0.05, 0) is 12.1 Å². The Hall–Kier alpha value is -5.02. The number of ether oxygens (including phenoxy) is 5. The number of rotatable bonds is 11. The first-order valence-electron chi connectivity index (χ1n) is 11.6. The molecule has 4 atom stereocenters. The minimum atomic E-state index is -2.05. The molecular weight excluding hydrogens is 534 g/mol. The molecule has 1 aromatic carbocycles. The number of esters is 5. The van der Waals surface area contributed by atoms with Gasteiger partial charge in [-0.1, -0.05) is 18.2 Å². The summed E-state index contributed by atoms with van der Waals surface area (Å²) in [4.78, 5) is 80.0. The normalized spacial score (nSPS) is 14.4. The van der Waals surface area contributed by atoms with Gasteiger partial charge in [-0.3, -0.25) is 34.1 Å². The number of nitrogens with zero attached hydrogens (tertiary/aromatic N) is 2. The molecule has 40 heavy (non-hydrogen) atoms. The van der Waals surface area contributed by atoms with E-state index < -0.39 is 72.7 Å². The van der Waals surface area contributed by atoms with Gasteiger partial charge in [-0.2, -0.15) is 4.99 Å². The number of nitrogens with two attached hydrogens (primary N) is 2. The Labute approximate surface area is 229 Å². The van der Waals surface area contributed by atoms with Gasteiger partial charge in [0.2, 0.25) is 18.0 Å². The number of amides is 1. The second-order valence-corrected chi connectivity index (χ2v) is 7.92. The second kappa shape index (κ2) is 16.1. The van der Waals surface area contributed by atoms with Crippen LogP contribution in [0.3, 0.4) is 0 Å². The van der Waals surface area contributed by atoms with Crippen molar-refractivity contribution in [2.24, 2.45) is 21.5 Å². The smallest absolute Gasteiger partial charge is 0.303 e. The minimum absolute atomic E-state index is 0.348. The van der Waals surface area contributed by atoms with Crippen molar-refractivity contribution in [2.45, 2.75) is 59.0 Å². The fourth-order valence-electron chi connectivity index (χ4n) is 3.10. The molecule has 0 unspecified atom stereocenters. The standard InChI is InChI=1S/C24H31N5O11/c1-12(30)36-11-18(37-13(2)31)19(38-14(3)32)20(39-15(4)33)21(40-16(5)34)22(35)28-24(26)29-23(25)27-17-9-7-6-8-10-17/h6-10,18-21H,11H2,1-5H3,(H5,25,26,27,28,29,35)/t18-,19-,20-,21-/m0/s1. The zero-order chi connectivity index (χ0) is 30.4. The monoisotopic (exact) mass is 565 g/mol. The zero-order valence-electron chi connectivity index (χ0n) is 22.4. The van der Waals surface area contributed by atoms with E-state index in [0.717, 1.165) is 34.6 Å². The Morgan fingerprint density at radius 3 is 1.77 bits per heavy atom. The molecule has 0 radical (unpaired) electrons. The molecule has 0 saturated heterocycles. The predicted molar refractivity (Wildman–Crippen MR) is 136 cm³/mol. The molecule has 0 saturated carbocycles. The summed E-state index contributed by atoms with van der Waals surface area (Å²) in [5, 5.41) is 2.12. The third-order valence-electron chi connectivity index (χ3n) is 4.40. The Morgan fingerprint density at radius 2 is 1.27 bits per heavy atom. The van der Waals surface area contributed by atoms with Gasteiger partial charge in [-0.25, -0.2) is 4.99 Å². The lowest BCUT2D eigenvalue weighted by atomic mass is 10.0. The fraction of sp³-hybridized carbons (Fsp3) is 0.417. The quantitative estimate of drug-likeness (QED) is 0.131. The highest BCUT2D eigenvalue weighted by molar-refractivity contribution is 6.03. The summed E-state index contributed by atoms with van der Waals surface area (Å²) < 4.78 is 25.5. The molecule has 1 aromatic rings. The number of hydrogen-bond donors (Lipinski definition) is 3. The molecule has 0 fully saturated rings. The molecule has 16 heteroatoms. The van der Waals surface area contributed by atoms with Crippen LogP contribution in [0.15, 0.2) is 40.3 Å². The maximum atomic E-state index is 13.2.